The average Bonchev–Trinajstić information content (AvgIpc) is 3.27. The van der Waals surface area contributed by atoms with Crippen molar-refractivity contribution in [3.05, 3.63) is 24.0 Å². The van der Waals surface area contributed by atoms with E-state index >= 15 is 0 Å². The molecule has 1 saturated carbocycles. The van der Waals surface area contributed by atoms with Crippen LogP contribution < -0.4 is 5.32 Å². The molecule has 6 heteroatoms. The number of aliphatic imine (C=N–C) groups is 1. The van der Waals surface area contributed by atoms with Crippen molar-refractivity contribution in [1.82, 2.24) is 19.7 Å². The summed E-state index contributed by atoms with van der Waals surface area (Å²) in [7, 11) is 4.19. The van der Waals surface area contributed by atoms with Crippen LogP contribution >= 0.6 is 24.0 Å². The van der Waals surface area contributed by atoms with Crippen LogP contribution in [0.1, 0.15) is 32.4 Å². The molecular formula is C17H32IN5. The minimum absolute atomic E-state index is 0. The molecule has 0 saturated heterocycles. The Hall–Kier alpha value is -0.760. The number of halogens is 1. The van der Waals surface area contributed by atoms with Crippen molar-refractivity contribution in [2.75, 3.05) is 33.2 Å². The lowest BCUT2D eigenvalue weighted by Crippen LogP contribution is -2.39. The first kappa shape index (κ1) is 20.3. The van der Waals surface area contributed by atoms with Gasteiger partial charge in [-0.1, -0.05) is 6.92 Å². The molecule has 23 heavy (non-hydrogen) atoms. The molecule has 2 rings (SSSR count). The third kappa shape index (κ3) is 6.33. The summed E-state index contributed by atoms with van der Waals surface area (Å²) >= 11 is 0. The van der Waals surface area contributed by atoms with Crippen molar-refractivity contribution in [3.63, 3.8) is 0 Å². The van der Waals surface area contributed by atoms with Crippen LogP contribution in [-0.4, -0.2) is 59.6 Å². The fraction of sp³-hybridized carbons (Fsp3) is 0.706. The quantitative estimate of drug-likeness (QED) is 0.389. The standard InChI is InChI=1S/C17H31N5.HI/c1-5-18-17(19-11-13-22(6-2)15-9-10-15)21(4)14-16-8-7-12-20(16)3;/h7-8,12,15H,5-6,9-11,13-14H2,1-4H3,(H,18,19);1H. The van der Waals surface area contributed by atoms with Crippen molar-refractivity contribution in [3.8, 4) is 0 Å². The first-order valence-electron chi connectivity index (χ1n) is 8.49. The molecule has 0 aliphatic heterocycles. The monoisotopic (exact) mass is 433 g/mol. The Morgan fingerprint density at radius 1 is 1.39 bits per heavy atom. The second-order valence-electron chi connectivity index (χ2n) is 6.06. The highest BCUT2D eigenvalue weighted by atomic mass is 127. The normalized spacial score (nSPS) is 14.7. The molecule has 132 valence electrons. The molecule has 0 spiro atoms. The minimum atomic E-state index is 0. The number of aromatic nitrogens is 1. The Kier molecular flexibility index (Phi) is 8.98. The number of rotatable bonds is 8. The Morgan fingerprint density at radius 3 is 2.65 bits per heavy atom. The Labute approximate surface area is 158 Å². The number of hydrogen-bond acceptors (Lipinski definition) is 2. The van der Waals surface area contributed by atoms with Gasteiger partial charge in [0, 0.05) is 45.1 Å². The average molecular weight is 433 g/mol. The predicted molar refractivity (Wildman–Crippen MR) is 109 cm³/mol. The molecule has 0 radical (unpaired) electrons. The molecule has 1 aromatic heterocycles. The molecule has 0 aromatic carbocycles. The van der Waals surface area contributed by atoms with Gasteiger partial charge in [-0.15, -0.1) is 24.0 Å². The van der Waals surface area contributed by atoms with Crippen LogP contribution in [0.2, 0.25) is 0 Å². The van der Waals surface area contributed by atoms with Gasteiger partial charge in [-0.3, -0.25) is 9.89 Å². The van der Waals surface area contributed by atoms with Gasteiger partial charge in [-0.2, -0.15) is 0 Å². The molecule has 1 heterocycles. The number of guanidine groups is 1. The van der Waals surface area contributed by atoms with Crippen LogP contribution in [0.15, 0.2) is 23.3 Å². The molecule has 0 atom stereocenters. The van der Waals surface area contributed by atoms with Crippen LogP contribution in [0.25, 0.3) is 0 Å². The summed E-state index contributed by atoms with van der Waals surface area (Å²) in [6, 6.07) is 5.07. The zero-order valence-corrected chi connectivity index (χ0v) is 17.3. The van der Waals surface area contributed by atoms with E-state index in [9.17, 15) is 0 Å². The van der Waals surface area contributed by atoms with E-state index in [1.54, 1.807) is 0 Å². The maximum atomic E-state index is 4.80. The Bertz CT molecular complexity index is 481. The lowest BCUT2D eigenvalue weighted by molar-refractivity contribution is 0.285. The largest absolute Gasteiger partial charge is 0.357 e. The van der Waals surface area contributed by atoms with Gasteiger partial charge in [0.15, 0.2) is 5.96 Å². The summed E-state index contributed by atoms with van der Waals surface area (Å²) in [6.45, 7) is 9.20. The van der Waals surface area contributed by atoms with E-state index in [4.69, 9.17) is 4.99 Å². The molecular weight excluding hydrogens is 401 g/mol. The number of hydrogen-bond donors (Lipinski definition) is 1. The SMILES string of the molecule is CCNC(=NCCN(CC)C1CC1)N(C)Cc1cccn1C.I. The first-order chi connectivity index (χ1) is 10.7. The number of likely N-dealkylation sites (N-methyl/N-ethyl adjacent to an activating group) is 1. The maximum absolute atomic E-state index is 4.80. The number of aryl methyl sites for hydroxylation is 1. The molecule has 0 bridgehead atoms. The van der Waals surface area contributed by atoms with Crippen LogP contribution in [0, 0.1) is 0 Å². The summed E-state index contributed by atoms with van der Waals surface area (Å²) < 4.78 is 2.16. The van der Waals surface area contributed by atoms with Crippen LogP contribution in [0.5, 0.6) is 0 Å². The lowest BCUT2D eigenvalue weighted by atomic mass is 10.4. The van der Waals surface area contributed by atoms with Crippen molar-refractivity contribution >= 4 is 29.9 Å². The van der Waals surface area contributed by atoms with E-state index < -0.39 is 0 Å². The van der Waals surface area contributed by atoms with Crippen LogP contribution in [0.4, 0.5) is 0 Å². The maximum Gasteiger partial charge on any atom is 0.194 e. The highest BCUT2D eigenvalue weighted by Crippen LogP contribution is 2.25. The van der Waals surface area contributed by atoms with E-state index in [-0.39, 0.29) is 24.0 Å². The third-order valence-electron chi connectivity index (χ3n) is 4.27. The Balaban J connectivity index is 0.00000264. The van der Waals surface area contributed by atoms with Crippen molar-refractivity contribution in [2.45, 2.75) is 39.3 Å². The number of nitrogens with one attached hydrogen (secondary N) is 1. The second-order valence-corrected chi connectivity index (χ2v) is 6.06. The molecule has 1 aliphatic carbocycles. The van der Waals surface area contributed by atoms with Crippen LogP contribution in [-0.2, 0) is 13.6 Å². The van der Waals surface area contributed by atoms with Crippen molar-refractivity contribution < 1.29 is 0 Å². The minimum Gasteiger partial charge on any atom is -0.357 e. The molecule has 5 nitrogen and oxygen atoms in total. The van der Waals surface area contributed by atoms with Gasteiger partial charge in [0.2, 0.25) is 0 Å². The van der Waals surface area contributed by atoms with Gasteiger partial charge in [0.1, 0.15) is 0 Å². The van der Waals surface area contributed by atoms with Gasteiger partial charge in [-0.05, 0) is 38.4 Å². The first-order valence-corrected chi connectivity index (χ1v) is 8.49. The predicted octanol–water partition coefficient (Wildman–Crippen LogP) is 2.52. The fourth-order valence-corrected chi connectivity index (χ4v) is 2.77. The summed E-state index contributed by atoms with van der Waals surface area (Å²) in [5.74, 6) is 0.996. The summed E-state index contributed by atoms with van der Waals surface area (Å²) in [5, 5.41) is 3.40. The molecule has 1 fully saturated rings. The van der Waals surface area contributed by atoms with Crippen LogP contribution in [0.3, 0.4) is 0 Å². The van der Waals surface area contributed by atoms with Crippen molar-refractivity contribution in [2.24, 2.45) is 12.0 Å². The van der Waals surface area contributed by atoms with Gasteiger partial charge in [0.25, 0.3) is 0 Å². The zero-order chi connectivity index (χ0) is 15.9. The molecule has 1 aliphatic rings. The van der Waals surface area contributed by atoms with E-state index in [1.165, 1.54) is 18.5 Å². The van der Waals surface area contributed by atoms with Gasteiger partial charge in [-0.25, -0.2) is 0 Å². The topological polar surface area (TPSA) is 35.8 Å². The Morgan fingerprint density at radius 2 is 2.13 bits per heavy atom. The smallest absolute Gasteiger partial charge is 0.194 e. The molecule has 0 unspecified atom stereocenters. The van der Waals surface area contributed by atoms with Crippen molar-refractivity contribution in [1.29, 1.82) is 0 Å². The second kappa shape index (κ2) is 10.2. The summed E-state index contributed by atoms with van der Waals surface area (Å²) in [6.07, 6.45) is 4.82. The van der Waals surface area contributed by atoms with E-state index in [0.29, 0.717) is 0 Å². The summed E-state index contributed by atoms with van der Waals surface area (Å²) in [4.78, 5) is 9.55. The highest BCUT2D eigenvalue weighted by molar-refractivity contribution is 14.0. The third-order valence-corrected chi connectivity index (χ3v) is 4.27. The van der Waals surface area contributed by atoms with E-state index in [2.05, 4.69) is 66.0 Å². The summed E-state index contributed by atoms with van der Waals surface area (Å²) in [5.41, 5.74) is 1.29. The highest BCUT2D eigenvalue weighted by Gasteiger charge is 2.27. The lowest BCUT2D eigenvalue weighted by Gasteiger charge is -2.23. The van der Waals surface area contributed by atoms with E-state index in [0.717, 1.165) is 44.7 Å². The van der Waals surface area contributed by atoms with E-state index in [1.807, 2.05) is 0 Å². The van der Waals surface area contributed by atoms with Gasteiger partial charge < -0.3 is 14.8 Å². The zero-order valence-electron chi connectivity index (χ0n) is 15.0. The van der Waals surface area contributed by atoms with Gasteiger partial charge >= 0.3 is 0 Å². The molecule has 1 N–H and O–H groups in total. The number of nitrogens with zero attached hydrogens (tertiary/aromatic N) is 4. The molecule has 1 aromatic rings. The van der Waals surface area contributed by atoms with Gasteiger partial charge in [0.05, 0.1) is 13.1 Å². The molecule has 0 amide bonds. The fourth-order valence-electron chi connectivity index (χ4n) is 2.77.